The van der Waals surface area contributed by atoms with E-state index in [1.165, 1.54) is 0 Å². The molecule has 146 valence electrons. The summed E-state index contributed by atoms with van der Waals surface area (Å²) in [5, 5.41) is 10.9. The molecule has 7 nitrogen and oxygen atoms in total. The van der Waals surface area contributed by atoms with E-state index in [-0.39, 0.29) is 13.0 Å². The highest BCUT2D eigenvalue weighted by atomic mass is 32.2. The van der Waals surface area contributed by atoms with Crippen LogP contribution < -0.4 is 10.0 Å². The van der Waals surface area contributed by atoms with Crippen LogP contribution in [-0.2, 0) is 25.8 Å². The van der Waals surface area contributed by atoms with Crippen LogP contribution in [0, 0.1) is 0 Å². The second-order valence-electron chi connectivity index (χ2n) is 5.40. The lowest BCUT2D eigenvalue weighted by Gasteiger charge is -2.10. The van der Waals surface area contributed by atoms with Crippen molar-refractivity contribution >= 4 is 21.9 Å². The summed E-state index contributed by atoms with van der Waals surface area (Å²) in [5.41, 5.74) is -1.11. The lowest BCUT2D eigenvalue weighted by molar-refractivity contribution is -0.138. The van der Waals surface area contributed by atoms with Crippen molar-refractivity contribution in [3.8, 4) is 0 Å². The Morgan fingerprint density at radius 1 is 1.12 bits per heavy atom. The number of rotatable bonds is 10. The predicted molar refractivity (Wildman–Crippen MR) is 85.7 cm³/mol. The van der Waals surface area contributed by atoms with E-state index in [4.69, 9.17) is 5.11 Å². The fraction of sp³-hybridized carbons (Fsp3) is 0.467. The van der Waals surface area contributed by atoms with E-state index in [0.717, 1.165) is 18.2 Å². The molecule has 0 radical (unpaired) electrons. The highest BCUT2D eigenvalue weighted by Crippen LogP contribution is 2.30. The molecule has 0 aliphatic heterocycles. The summed E-state index contributed by atoms with van der Waals surface area (Å²) in [4.78, 5) is 21.3. The van der Waals surface area contributed by atoms with Gasteiger partial charge in [0.05, 0.1) is 17.0 Å². The number of amides is 1. The first-order valence-corrected chi connectivity index (χ1v) is 9.16. The molecule has 0 saturated carbocycles. The van der Waals surface area contributed by atoms with E-state index in [9.17, 15) is 31.2 Å². The predicted octanol–water partition coefficient (Wildman–Crippen LogP) is 1.74. The first kappa shape index (κ1) is 21.9. The van der Waals surface area contributed by atoms with Gasteiger partial charge in [-0.1, -0.05) is 12.5 Å². The minimum absolute atomic E-state index is 0.0325. The van der Waals surface area contributed by atoms with Gasteiger partial charge in [-0.2, -0.15) is 13.2 Å². The number of hydrogen-bond acceptors (Lipinski definition) is 4. The molecule has 0 atom stereocenters. The van der Waals surface area contributed by atoms with Crippen molar-refractivity contribution in [1.29, 1.82) is 0 Å². The van der Waals surface area contributed by atoms with Crippen molar-refractivity contribution in [2.45, 2.75) is 36.8 Å². The Morgan fingerprint density at radius 2 is 1.81 bits per heavy atom. The molecule has 1 amide bonds. The van der Waals surface area contributed by atoms with Gasteiger partial charge in [0.25, 0.3) is 0 Å². The number of unbranched alkanes of at least 4 members (excludes halogenated alkanes) is 2. The Hall–Kier alpha value is -2.14. The van der Waals surface area contributed by atoms with Gasteiger partial charge in [-0.15, -0.1) is 0 Å². The third-order valence-electron chi connectivity index (χ3n) is 3.28. The molecular formula is C15H19F3N2O5S. The van der Waals surface area contributed by atoms with Crippen LogP contribution in [0.5, 0.6) is 0 Å². The first-order chi connectivity index (χ1) is 12.0. The number of benzene rings is 1. The number of carbonyl (C=O) groups is 2. The zero-order chi connectivity index (χ0) is 19.8. The van der Waals surface area contributed by atoms with Crippen molar-refractivity contribution in [2.24, 2.45) is 0 Å². The van der Waals surface area contributed by atoms with Crippen molar-refractivity contribution in [1.82, 2.24) is 10.0 Å². The maximum absolute atomic E-state index is 12.6. The van der Waals surface area contributed by atoms with Gasteiger partial charge >= 0.3 is 12.1 Å². The molecule has 3 N–H and O–H groups in total. The van der Waals surface area contributed by atoms with Crippen LogP contribution in [0.1, 0.15) is 31.2 Å². The van der Waals surface area contributed by atoms with E-state index in [0.29, 0.717) is 25.3 Å². The van der Waals surface area contributed by atoms with Gasteiger partial charge in [-0.3, -0.25) is 9.59 Å². The van der Waals surface area contributed by atoms with E-state index < -0.39 is 45.1 Å². The molecule has 0 aliphatic carbocycles. The van der Waals surface area contributed by atoms with Crippen LogP contribution >= 0.6 is 0 Å². The molecule has 1 aromatic rings. The zero-order valence-corrected chi connectivity index (χ0v) is 14.5. The van der Waals surface area contributed by atoms with Gasteiger partial charge < -0.3 is 10.4 Å². The quantitative estimate of drug-likeness (QED) is 0.522. The number of hydrogen-bond donors (Lipinski definition) is 3. The van der Waals surface area contributed by atoms with E-state index in [1.807, 2.05) is 4.72 Å². The molecular weight excluding hydrogens is 377 g/mol. The number of alkyl halides is 3. The summed E-state index contributed by atoms with van der Waals surface area (Å²) in [6.45, 7) is -0.378. The Kier molecular flexibility index (Phi) is 8.03. The molecule has 0 aromatic heterocycles. The Morgan fingerprint density at radius 3 is 2.42 bits per heavy atom. The minimum atomic E-state index is -4.68. The van der Waals surface area contributed by atoms with Gasteiger partial charge in [0.15, 0.2) is 0 Å². The number of nitrogens with one attached hydrogen (secondary N) is 2. The molecule has 0 spiro atoms. The highest BCUT2D eigenvalue weighted by molar-refractivity contribution is 7.89. The molecule has 0 bridgehead atoms. The Balaban J connectivity index is 2.46. The van der Waals surface area contributed by atoms with Crippen molar-refractivity contribution in [3.63, 3.8) is 0 Å². The van der Waals surface area contributed by atoms with Crippen LogP contribution in [0.15, 0.2) is 29.2 Å². The maximum atomic E-state index is 12.6. The average molecular weight is 396 g/mol. The summed E-state index contributed by atoms with van der Waals surface area (Å²) in [6.07, 6.45) is -3.07. The van der Waals surface area contributed by atoms with Gasteiger partial charge in [-0.05, 0) is 31.0 Å². The van der Waals surface area contributed by atoms with Gasteiger partial charge in [-0.25, -0.2) is 13.1 Å². The summed E-state index contributed by atoms with van der Waals surface area (Å²) >= 11 is 0. The molecule has 0 heterocycles. The monoisotopic (exact) mass is 396 g/mol. The number of carboxylic acid groups (broad SMARTS) is 1. The van der Waals surface area contributed by atoms with Crippen molar-refractivity contribution < 1.29 is 36.3 Å². The van der Waals surface area contributed by atoms with Crippen LogP contribution in [0.3, 0.4) is 0 Å². The highest BCUT2D eigenvalue weighted by Gasteiger charge is 2.31. The molecule has 0 fully saturated rings. The topological polar surface area (TPSA) is 113 Å². The smallest absolute Gasteiger partial charge is 0.416 e. The summed E-state index contributed by atoms with van der Waals surface area (Å²) in [7, 11) is -4.26. The molecule has 26 heavy (non-hydrogen) atoms. The number of sulfonamides is 1. The van der Waals surface area contributed by atoms with Crippen molar-refractivity contribution in [3.05, 3.63) is 29.8 Å². The third-order valence-corrected chi connectivity index (χ3v) is 4.68. The fourth-order valence-corrected chi connectivity index (χ4v) is 2.98. The van der Waals surface area contributed by atoms with Crippen LogP contribution in [-0.4, -0.2) is 38.5 Å². The normalized spacial score (nSPS) is 12.0. The molecule has 1 rings (SSSR count). The van der Waals surface area contributed by atoms with Crippen molar-refractivity contribution in [2.75, 3.05) is 13.1 Å². The molecule has 11 heteroatoms. The standard InChI is InChI=1S/C15H19F3N2O5S/c16-15(17,18)11-5-4-6-12(9-11)26(24,25)20-10-13(21)19-8-3-1-2-7-14(22)23/h4-6,9,20H,1-3,7-8,10H2,(H,19,21)(H,22,23). The minimum Gasteiger partial charge on any atom is -0.481 e. The summed E-state index contributed by atoms with van der Waals surface area (Å²) in [5.74, 6) is -1.54. The SMILES string of the molecule is O=C(O)CCCCCNC(=O)CNS(=O)(=O)c1cccc(C(F)(F)F)c1. The Labute approximate surface area is 148 Å². The lowest BCUT2D eigenvalue weighted by atomic mass is 10.2. The maximum Gasteiger partial charge on any atom is 0.416 e. The van der Waals surface area contributed by atoms with E-state index >= 15 is 0 Å². The van der Waals surface area contributed by atoms with E-state index in [1.54, 1.807) is 0 Å². The van der Waals surface area contributed by atoms with Crippen LogP contribution in [0.2, 0.25) is 0 Å². The number of halogens is 3. The molecule has 0 saturated heterocycles. The third kappa shape index (κ3) is 7.83. The average Bonchev–Trinajstić information content (AvgIpc) is 2.55. The summed E-state index contributed by atoms with van der Waals surface area (Å²) < 4.78 is 63.8. The fourth-order valence-electron chi connectivity index (χ4n) is 1.95. The van der Waals surface area contributed by atoms with Crippen LogP contribution in [0.4, 0.5) is 13.2 Å². The second-order valence-corrected chi connectivity index (χ2v) is 7.17. The second kappa shape index (κ2) is 9.53. The van der Waals surface area contributed by atoms with Gasteiger partial charge in [0.1, 0.15) is 0 Å². The largest absolute Gasteiger partial charge is 0.481 e. The number of aliphatic carboxylic acids is 1. The first-order valence-electron chi connectivity index (χ1n) is 7.68. The molecule has 1 aromatic carbocycles. The number of carboxylic acids is 1. The van der Waals surface area contributed by atoms with Gasteiger partial charge in [0, 0.05) is 13.0 Å². The summed E-state index contributed by atoms with van der Waals surface area (Å²) in [6, 6.07) is 3.20. The van der Waals surface area contributed by atoms with Crippen LogP contribution in [0.25, 0.3) is 0 Å². The zero-order valence-electron chi connectivity index (χ0n) is 13.7. The van der Waals surface area contributed by atoms with E-state index in [2.05, 4.69) is 5.32 Å². The Bertz CT molecular complexity index is 735. The van der Waals surface area contributed by atoms with Gasteiger partial charge in [0.2, 0.25) is 15.9 Å². The lowest BCUT2D eigenvalue weighted by Crippen LogP contribution is -2.37. The molecule has 0 aliphatic rings. The number of carbonyl (C=O) groups excluding carboxylic acids is 1. The molecule has 0 unspecified atom stereocenters.